The molecule has 2 heterocycles. The van der Waals surface area contributed by atoms with Crippen molar-refractivity contribution in [3.63, 3.8) is 0 Å². The normalized spacial score (nSPS) is 15.3. The van der Waals surface area contributed by atoms with E-state index in [1.165, 1.54) is 18.5 Å². The van der Waals surface area contributed by atoms with Gasteiger partial charge in [0.25, 0.3) is 0 Å². The first kappa shape index (κ1) is 17.7. The Balaban J connectivity index is 1.41. The predicted octanol–water partition coefficient (Wildman–Crippen LogP) is 4.89. The van der Waals surface area contributed by atoms with E-state index < -0.39 is 0 Å². The summed E-state index contributed by atoms with van der Waals surface area (Å²) in [6.45, 7) is 6.59. The van der Waals surface area contributed by atoms with Gasteiger partial charge in [0.05, 0.1) is 6.42 Å². The number of hydrogen-bond donors (Lipinski definition) is 2. The van der Waals surface area contributed by atoms with Gasteiger partial charge in [0.1, 0.15) is 0 Å². The van der Waals surface area contributed by atoms with Gasteiger partial charge >= 0.3 is 0 Å². The molecule has 1 saturated heterocycles. The largest absolute Gasteiger partial charge is 0.372 e. The monoisotopic (exact) mass is 361 g/mol. The molecule has 0 unspecified atom stereocenters. The molecule has 27 heavy (non-hydrogen) atoms. The summed E-state index contributed by atoms with van der Waals surface area (Å²) in [4.78, 5) is 18.4. The zero-order valence-electron chi connectivity index (χ0n) is 16.1. The fourth-order valence-electron chi connectivity index (χ4n) is 3.95. The van der Waals surface area contributed by atoms with Crippen LogP contribution in [0.1, 0.15) is 31.0 Å². The highest BCUT2D eigenvalue weighted by Gasteiger charge is 2.16. The minimum atomic E-state index is 0.0161. The van der Waals surface area contributed by atoms with Crippen molar-refractivity contribution in [3.8, 4) is 0 Å². The minimum absolute atomic E-state index is 0.0161. The molecule has 4 heteroatoms. The van der Waals surface area contributed by atoms with E-state index in [-0.39, 0.29) is 5.91 Å². The lowest BCUT2D eigenvalue weighted by Gasteiger charge is -2.32. The molecule has 140 valence electrons. The number of piperidine rings is 1. The van der Waals surface area contributed by atoms with Crippen LogP contribution in [0.4, 0.5) is 11.4 Å². The highest BCUT2D eigenvalue weighted by atomic mass is 16.1. The third-order valence-corrected chi connectivity index (χ3v) is 5.66. The Morgan fingerprint density at radius 3 is 2.56 bits per heavy atom. The highest BCUT2D eigenvalue weighted by molar-refractivity contribution is 5.96. The summed E-state index contributed by atoms with van der Waals surface area (Å²) in [6, 6.07) is 16.4. The van der Waals surface area contributed by atoms with Crippen LogP contribution in [0.2, 0.25) is 0 Å². The Morgan fingerprint density at radius 2 is 1.81 bits per heavy atom. The maximum atomic E-state index is 12.6. The summed E-state index contributed by atoms with van der Waals surface area (Å²) < 4.78 is 0. The summed E-state index contributed by atoms with van der Waals surface area (Å²) >= 11 is 0. The number of amides is 1. The van der Waals surface area contributed by atoms with Crippen LogP contribution in [0.5, 0.6) is 0 Å². The number of hydrogen-bond acceptors (Lipinski definition) is 2. The molecule has 0 saturated carbocycles. The van der Waals surface area contributed by atoms with Crippen molar-refractivity contribution in [2.45, 2.75) is 33.1 Å². The molecule has 1 aliphatic rings. The number of carbonyl (C=O) groups is 1. The van der Waals surface area contributed by atoms with Gasteiger partial charge in [-0.25, -0.2) is 0 Å². The van der Waals surface area contributed by atoms with Crippen LogP contribution in [-0.4, -0.2) is 24.0 Å². The van der Waals surface area contributed by atoms with Crippen molar-refractivity contribution < 1.29 is 4.79 Å². The van der Waals surface area contributed by atoms with Gasteiger partial charge in [-0.15, -0.1) is 0 Å². The number of aromatic amines is 1. The van der Waals surface area contributed by atoms with E-state index in [4.69, 9.17) is 0 Å². The predicted molar refractivity (Wildman–Crippen MR) is 112 cm³/mol. The molecule has 0 aliphatic carbocycles. The number of H-pyrrole nitrogens is 1. The molecule has 1 amide bonds. The Labute approximate surface area is 160 Å². The van der Waals surface area contributed by atoms with Gasteiger partial charge in [0.15, 0.2) is 0 Å². The summed E-state index contributed by atoms with van der Waals surface area (Å²) in [5, 5.41) is 4.16. The zero-order chi connectivity index (χ0) is 18.8. The van der Waals surface area contributed by atoms with Crippen LogP contribution in [0.15, 0.2) is 48.5 Å². The summed E-state index contributed by atoms with van der Waals surface area (Å²) in [5.41, 5.74) is 5.31. The molecule has 2 N–H and O–H groups in total. The topological polar surface area (TPSA) is 48.1 Å². The molecule has 4 nitrogen and oxygen atoms in total. The Kier molecular flexibility index (Phi) is 4.88. The molecule has 0 spiro atoms. The van der Waals surface area contributed by atoms with Crippen molar-refractivity contribution in [1.82, 2.24) is 4.98 Å². The van der Waals surface area contributed by atoms with E-state index in [1.807, 2.05) is 37.3 Å². The molecule has 0 radical (unpaired) electrons. The van der Waals surface area contributed by atoms with Gasteiger partial charge < -0.3 is 15.2 Å². The molecular formula is C23H27N3O. The van der Waals surface area contributed by atoms with Crippen LogP contribution in [0.25, 0.3) is 10.9 Å². The lowest BCUT2D eigenvalue weighted by Crippen LogP contribution is -2.32. The second kappa shape index (κ2) is 7.47. The molecule has 4 rings (SSSR count). The Hall–Kier alpha value is -2.75. The maximum Gasteiger partial charge on any atom is 0.228 e. The number of carbonyl (C=O) groups excluding carboxylic acids is 1. The molecule has 1 aliphatic heterocycles. The number of aryl methyl sites for hydroxylation is 1. The third-order valence-electron chi connectivity index (χ3n) is 5.66. The van der Waals surface area contributed by atoms with Gasteiger partial charge in [-0.2, -0.15) is 0 Å². The lowest BCUT2D eigenvalue weighted by molar-refractivity contribution is -0.115. The first-order valence-corrected chi connectivity index (χ1v) is 9.81. The minimum Gasteiger partial charge on any atom is -0.372 e. The summed E-state index contributed by atoms with van der Waals surface area (Å²) in [6.07, 6.45) is 2.88. The highest BCUT2D eigenvalue weighted by Crippen LogP contribution is 2.25. The fourth-order valence-corrected chi connectivity index (χ4v) is 3.95. The van der Waals surface area contributed by atoms with Crippen LogP contribution in [0, 0.1) is 12.8 Å². The Morgan fingerprint density at radius 1 is 1.11 bits per heavy atom. The van der Waals surface area contributed by atoms with Crippen LogP contribution >= 0.6 is 0 Å². The molecular weight excluding hydrogens is 334 g/mol. The first-order valence-electron chi connectivity index (χ1n) is 9.81. The van der Waals surface area contributed by atoms with E-state index in [2.05, 4.69) is 40.3 Å². The van der Waals surface area contributed by atoms with Gasteiger partial charge in [0, 0.05) is 41.1 Å². The van der Waals surface area contributed by atoms with Crippen LogP contribution < -0.4 is 10.2 Å². The number of rotatable bonds is 4. The average molecular weight is 361 g/mol. The summed E-state index contributed by atoms with van der Waals surface area (Å²) in [7, 11) is 0. The Bertz CT molecular complexity index is 934. The summed E-state index contributed by atoms with van der Waals surface area (Å²) in [5.74, 6) is 0.843. The third kappa shape index (κ3) is 3.85. The number of aromatic nitrogens is 1. The molecule has 0 atom stereocenters. The van der Waals surface area contributed by atoms with E-state index in [0.717, 1.165) is 46.9 Å². The number of nitrogens with zero attached hydrogens (tertiary/aromatic N) is 1. The second-order valence-corrected chi connectivity index (χ2v) is 7.72. The van der Waals surface area contributed by atoms with Crippen LogP contribution in [0.3, 0.4) is 0 Å². The van der Waals surface area contributed by atoms with E-state index in [9.17, 15) is 4.79 Å². The molecule has 1 aromatic heterocycles. The SMILES string of the molecule is Cc1[nH]c2ccccc2c1CC(=O)Nc1ccc(N2CCC(C)CC2)cc1. The fraction of sp³-hybridized carbons (Fsp3) is 0.348. The molecule has 0 bridgehead atoms. The van der Waals surface area contributed by atoms with E-state index in [1.54, 1.807) is 0 Å². The van der Waals surface area contributed by atoms with Crippen LogP contribution in [-0.2, 0) is 11.2 Å². The van der Waals surface area contributed by atoms with E-state index >= 15 is 0 Å². The number of fused-ring (bicyclic) bond motifs is 1. The average Bonchev–Trinajstić information content (AvgIpc) is 2.98. The molecule has 3 aromatic rings. The van der Waals surface area contributed by atoms with E-state index in [0.29, 0.717) is 6.42 Å². The number of nitrogens with one attached hydrogen (secondary N) is 2. The van der Waals surface area contributed by atoms with Crippen molar-refractivity contribution in [2.24, 2.45) is 5.92 Å². The first-order chi connectivity index (χ1) is 13.1. The lowest BCUT2D eigenvalue weighted by atomic mass is 9.99. The molecule has 2 aromatic carbocycles. The number of anilines is 2. The van der Waals surface area contributed by atoms with Crippen molar-refractivity contribution >= 4 is 28.2 Å². The quantitative estimate of drug-likeness (QED) is 0.695. The second-order valence-electron chi connectivity index (χ2n) is 7.72. The van der Waals surface area contributed by atoms with Gasteiger partial charge in [-0.3, -0.25) is 4.79 Å². The van der Waals surface area contributed by atoms with Gasteiger partial charge in [0.2, 0.25) is 5.91 Å². The number of para-hydroxylation sites is 1. The standard InChI is InChI=1S/C23H27N3O/c1-16-11-13-26(14-12-16)19-9-7-18(8-10-19)25-23(27)15-21-17(2)24-22-6-4-3-5-20(21)22/h3-10,16,24H,11-15H2,1-2H3,(H,25,27). The van der Waals surface area contributed by atoms with Crippen molar-refractivity contribution in [3.05, 3.63) is 59.8 Å². The molecule has 1 fully saturated rings. The number of benzene rings is 2. The maximum absolute atomic E-state index is 12.6. The van der Waals surface area contributed by atoms with Gasteiger partial charge in [-0.1, -0.05) is 25.1 Å². The van der Waals surface area contributed by atoms with Gasteiger partial charge in [-0.05, 0) is 61.6 Å². The van der Waals surface area contributed by atoms with Crippen molar-refractivity contribution in [2.75, 3.05) is 23.3 Å². The smallest absolute Gasteiger partial charge is 0.228 e. The zero-order valence-corrected chi connectivity index (χ0v) is 16.1. The van der Waals surface area contributed by atoms with Crippen molar-refractivity contribution in [1.29, 1.82) is 0 Å².